The first-order valence-electron chi connectivity index (χ1n) is 6.64. The molecule has 3 nitrogen and oxygen atoms in total. The van der Waals surface area contributed by atoms with Gasteiger partial charge >= 0.3 is 0 Å². The Balaban J connectivity index is 2.06. The summed E-state index contributed by atoms with van der Waals surface area (Å²) in [7, 11) is 1.70. The van der Waals surface area contributed by atoms with Crippen LogP contribution in [0.3, 0.4) is 0 Å². The molecule has 1 aromatic carbocycles. The zero-order chi connectivity index (χ0) is 13.1. The Morgan fingerprint density at radius 3 is 2.83 bits per heavy atom. The van der Waals surface area contributed by atoms with Crippen molar-refractivity contribution < 1.29 is 9.47 Å². The monoisotopic (exact) mass is 249 g/mol. The van der Waals surface area contributed by atoms with E-state index in [4.69, 9.17) is 15.2 Å². The highest BCUT2D eigenvalue weighted by Gasteiger charge is 2.27. The molecule has 0 aromatic heterocycles. The summed E-state index contributed by atoms with van der Waals surface area (Å²) in [5.41, 5.74) is 8.68. The zero-order valence-corrected chi connectivity index (χ0v) is 11.5. The zero-order valence-electron chi connectivity index (χ0n) is 11.5. The molecule has 1 aliphatic rings. The Bertz CT molecular complexity index is 405. The maximum absolute atomic E-state index is 6.27. The molecule has 1 saturated heterocycles. The van der Waals surface area contributed by atoms with Gasteiger partial charge in [0.2, 0.25) is 0 Å². The molecule has 1 aromatic rings. The van der Waals surface area contributed by atoms with Crippen molar-refractivity contribution in [3.8, 4) is 5.75 Å². The highest BCUT2D eigenvalue weighted by atomic mass is 16.5. The fraction of sp³-hybridized carbons (Fsp3) is 0.600. The molecule has 0 radical (unpaired) electrons. The largest absolute Gasteiger partial charge is 0.496 e. The topological polar surface area (TPSA) is 44.5 Å². The predicted molar refractivity (Wildman–Crippen MR) is 73.0 cm³/mol. The molecule has 0 spiro atoms. The van der Waals surface area contributed by atoms with Crippen molar-refractivity contribution in [1.82, 2.24) is 0 Å². The number of rotatable bonds is 4. The summed E-state index contributed by atoms with van der Waals surface area (Å²) in [6, 6.07) is 6.26. The van der Waals surface area contributed by atoms with E-state index in [-0.39, 0.29) is 12.1 Å². The van der Waals surface area contributed by atoms with Crippen LogP contribution in [0.25, 0.3) is 0 Å². The molecular formula is C15H23NO2. The summed E-state index contributed by atoms with van der Waals surface area (Å²) in [5.74, 6) is 0.919. The third-order valence-corrected chi connectivity index (χ3v) is 3.63. The Hall–Kier alpha value is -1.06. The van der Waals surface area contributed by atoms with Crippen LogP contribution < -0.4 is 10.5 Å². The van der Waals surface area contributed by atoms with E-state index in [2.05, 4.69) is 26.0 Å². The smallest absolute Gasteiger partial charge is 0.122 e. The molecule has 1 aliphatic heterocycles. The molecule has 0 amide bonds. The second-order valence-corrected chi connectivity index (χ2v) is 5.25. The SMILES string of the molecule is COc1ccc(C)cc1CC(N)C1CCC(C)O1. The molecule has 18 heavy (non-hydrogen) atoms. The van der Waals surface area contributed by atoms with Crippen LogP contribution in [0.2, 0.25) is 0 Å². The number of nitrogens with two attached hydrogens (primary N) is 1. The highest BCUT2D eigenvalue weighted by Crippen LogP contribution is 2.26. The van der Waals surface area contributed by atoms with E-state index in [1.54, 1.807) is 7.11 Å². The fourth-order valence-corrected chi connectivity index (χ4v) is 2.60. The first-order chi connectivity index (χ1) is 8.60. The summed E-state index contributed by atoms with van der Waals surface area (Å²) < 4.78 is 11.2. The second kappa shape index (κ2) is 5.72. The van der Waals surface area contributed by atoms with Gasteiger partial charge in [0.25, 0.3) is 0 Å². The van der Waals surface area contributed by atoms with E-state index in [1.165, 1.54) is 11.1 Å². The van der Waals surface area contributed by atoms with Crippen molar-refractivity contribution in [3.63, 3.8) is 0 Å². The standard InChI is InChI=1S/C15H23NO2/c1-10-4-6-14(17-3)12(8-10)9-13(16)15-7-5-11(2)18-15/h4,6,8,11,13,15H,5,7,9,16H2,1-3H3. The highest BCUT2D eigenvalue weighted by molar-refractivity contribution is 5.37. The van der Waals surface area contributed by atoms with Gasteiger partial charge in [0, 0.05) is 6.04 Å². The Morgan fingerprint density at radius 1 is 1.44 bits per heavy atom. The molecule has 1 heterocycles. The Labute approximate surface area is 109 Å². The Kier molecular flexibility index (Phi) is 4.25. The van der Waals surface area contributed by atoms with Crippen LogP contribution in [0.15, 0.2) is 18.2 Å². The number of ether oxygens (including phenoxy) is 2. The molecule has 3 unspecified atom stereocenters. The van der Waals surface area contributed by atoms with E-state index in [9.17, 15) is 0 Å². The van der Waals surface area contributed by atoms with Gasteiger partial charge in [-0.05, 0) is 44.7 Å². The molecule has 0 saturated carbocycles. The van der Waals surface area contributed by atoms with E-state index < -0.39 is 0 Å². The van der Waals surface area contributed by atoms with Crippen molar-refractivity contribution in [2.45, 2.75) is 51.4 Å². The summed E-state index contributed by atoms with van der Waals surface area (Å²) in [6.45, 7) is 4.20. The van der Waals surface area contributed by atoms with Crippen LogP contribution in [0.1, 0.15) is 30.9 Å². The van der Waals surface area contributed by atoms with Gasteiger partial charge < -0.3 is 15.2 Å². The lowest BCUT2D eigenvalue weighted by Gasteiger charge is -2.20. The lowest BCUT2D eigenvalue weighted by atomic mass is 9.98. The third kappa shape index (κ3) is 3.03. The molecule has 0 bridgehead atoms. The molecule has 3 atom stereocenters. The van der Waals surface area contributed by atoms with Gasteiger partial charge in [-0.2, -0.15) is 0 Å². The van der Waals surface area contributed by atoms with Gasteiger partial charge in [0.1, 0.15) is 5.75 Å². The minimum atomic E-state index is 0.0469. The normalized spacial score (nSPS) is 25.1. The minimum absolute atomic E-state index is 0.0469. The number of benzene rings is 1. The van der Waals surface area contributed by atoms with E-state index in [0.717, 1.165) is 25.0 Å². The molecule has 3 heteroatoms. The predicted octanol–water partition coefficient (Wildman–Crippen LogP) is 2.44. The lowest BCUT2D eigenvalue weighted by Crippen LogP contribution is -2.36. The maximum Gasteiger partial charge on any atom is 0.122 e. The van der Waals surface area contributed by atoms with Crippen molar-refractivity contribution in [2.24, 2.45) is 5.73 Å². The van der Waals surface area contributed by atoms with E-state index in [0.29, 0.717) is 6.10 Å². The molecule has 0 aliphatic carbocycles. The number of methoxy groups -OCH3 is 1. The van der Waals surface area contributed by atoms with Crippen molar-refractivity contribution in [3.05, 3.63) is 29.3 Å². The summed E-state index contributed by atoms with van der Waals surface area (Å²) in [4.78, 5) is 0. The number of hydrogen-bond acceptors (Lipinski definition) is 3. The van der Waals surface area contributed by atoms with Crippen LogP contribution in [-0.2, 0) is 11.2 Å². The minimum Gasteiger partial charge on any atom is -0.496 e. The summed E-state index contributed by atoms with van der Waals surface area (Å²) in [6.07, 6.45) is 3.52. The van der Waals surface area contributed by atoms with Gasteiger partial charge in [-0.25, -0.2) is 0 Å². The number of hydrogen-bond donors (Lipinski definition) is 1. The second-order valence-electron chi connectivity index (χ2n) is 5.25. The lowest BCUT2D eigenvalue weighted by molar-refractivity contribution is 0.0403. The average Bonchev–Trinajstić information content (AvgIpc) is 2.76. The van der Waals surface area contributed by atoms with Crippen LogP contribution in [0.5, 0.6) is 5.75 Å². The Morgan fingerprint density at radius 2 is 2.22 bits per heavy atom. The molecule has 100 valence electrons. The molecule has 2 N–H and O–H groups in total. The van der Waals surface area contributed by atoms with Crippen LogP contribution >= 0.6 is 0 Å². The van der Waals surface area contributed by atoms with E-state index in [1.807, 2.05) is 6.07 Å². The summed E-state index contributed by atoms with van der Waals surface area (Å²) in [5, 5.41) is 0. The maximum atomic E-state index is 6.27. The number of aryl methyl sites for hydroxylation is 1. The average molecular weight is 249 g/mol. The van der Waals surface area contributed by atoms with Crippen molar-refractivity contribution in [2.75, 3.05) is 7.11 Å². The molecule has 2 rings (SSSR count). The van der Waals surface area contributed by atoms with Crippen LogP contribution in [0, 0.1) is 6.92 Å². The first kappa shape index (κ1) is 13.4. The van der Waals surface area contributed by atoms with Gasteiger partial charge in [-0.15, -0.1) is 0 Å². The molecular weight excluding hydrogens is 226 g/mol. The fourth-order valence-electron chi connectivity index (χ4n) is 2.60. The van der Waals surface area contributed by atoms with Crippen molar-refractivity contribution in [1.29, 1.82) is 0 Å². The molecule has 1 fully saturated rings. The van der Waals surface area contributed by atoms with Gasteiger partial charge in [-0.3, -0.25) is 0 Å². The first-order valence-corrected chi connectivity index (χ1v) is 6.64. The van der Waals surface area contributed by atoms with Crippen molar-refractivity contribution >= 4 is 0 Å². The third-order valence-electron chi connectivity index (χ3n) is 3.63. The van der Waals surface area contributed by atoms with Gasteiger partial charge in [-0.1, -0.05) is 17.7 Å². The summed E-state index contributed by atoms with van der Waals surface area (Å²) >= 11 is 0. The quantitative estimate of drug-likeness (QED) is 0.891. The van der Waals surface area contributed by atoms with E-state index >= 15 is 0 Å². The van der Waals surface area contributed by atoms with Crippen LogP contribution in [-0.4, -0.2) is 25.4 Å². The van der Waals surface area contributed by atoms with Gasteiger partial charge in [0.05, 0.1) is 19.3 Å². The van der Waals surface area contributed by atoms with Crippen LogP contribution in [0.4, 0.5) is 0 Å². The van der Waals surface area contributed by atoms with Gasteiger partial charge in [0.15, 0.2) is 0 Å².